The average molecular weight is 408 g/mol. The molecule has 1 fully saturated rings. The van der Waals surface area contributed by atoms with E-state index < -0.39 is 0 Å². The maximum Gasteiger partial charge on any atom is 0.227 e. The van der Waals surface area contributed by atoms with Gasteiger partial charge < -0.3 is 19.7 Å². The summed E-state index contributed by atoms with van der Waals surface area (Å²) in [5.41, 5.74) is 3.01. The third-order valence-electron chi connectivity index (χ3n) is 4.46. The molecule has 3 rings (SSSR count). The molecular weight excluding hydrogens is 384 g/mol. The van der Waals surface area contributed by atoms with E-state index in [1.165, 1.54) is 0 Å². The van der Waals surface area contributed by atoms with Crippen LogP contribution in [0.3, 0.4) is 0 Å². The first kappa shape index (κ1) is 16.6. The minimum absolute atomic E-state index is 0.143. The predicted molar refractivity (Wildman–Crippen MR) is 103 cm³/mol. The number of anilines is 3. The van der Waals surface area contributed by atoms with Crippen molar-refractivity contribution < 1.29 is 10.8 Å². The van der Waals surface area contributed by atoms with E-state index in [0.717, 1.165) is 48.6 Å². The second-order valence-electron chi connectivity index (χ2n) is 6.04. The van der Waals surface area contributed by atoms with Crippen LogP contribution in [0.2, 0.25) is 0 Å². The molecule has 6 nitrogen and oxygen atoms in total. The molecule has 0 radical (unpaired) electrons. The summed E-state index contributed by atoms with van der Waals surface area (Å²) in [6.07, 6.45) is 4.08. The number of hydrogen-bond acceptors (Lipinski definition) is 6. The van der Waals surface area contributed by atoms with Gasteiger partial charge in [0.1, 0.15) is 5.75 Å². The third-order valence-corrected chi connectivity index (χ3v) is 4.84. The molecule has 0 bridgehead atoms. The van der Waals surface area contributed by atoms with Gasteiger partial charge in [0.15, 0.2) is 0 Å². The lowest BCUT2D eigenvalue weighted by Gasteiger charge is -2.34. The number of nitrogens with one attached hydrogen (secondary N) is 1. The molecule has 2 aromatic rings. The van der Waals surface area contributed by atoms with Gasteiger partial charge in [-0.15, -0.1) is 0 Å². The second kappa shape index (κ2) is 8.01. The minimum atomic E-state index is 0.143. The Labute approximate surface area is 158 Å². The van der Waals surface area contributed by atoms with Crippen LogP contribution in [0, 0.1) is 6.92 Å². The first-order valence-corrected chi connectivity index (χ1v) is 9.03. The van der Waals surface area contributed by atoms with Gasteiger partial charge in [-0.2, -0.15) is 0 Å². The summed E-state index contributed by atoms with van der Waals surface area (Å²) in [4.78, 5) is 10.7. The smallest absolute Gasteiger partial charge is 0.227 e. The van der Waals surface area contributed by atoms with E-state index in [2.05, 4.69) is 42.2 Å². The van der Waals surface area contributed by atoms with Gasteiger partial charge in [-0.25, -0.2) is 9.97 Å². The number of hydrogen-bond donors (Lipinski definition) is 1. The lowest BCUT2D eigenvalue weighted by Crippen LogP contribution is -2.36. The Kier molecular flexibility index (Phi) is 5.32. The van der Waals surface area contributed by atoms with Crippen LogP contribution in [0.15, 0.2) is 29.0 Å². The van der Waals surface area contributed by atoms with Crippen LogP contribution in [0.25, 0.3) is 0 Å². The molecule has 0 amide bonds. The monoisotopic (exact) mass is 407 g/mol. The number of rotatable bonds is 5. The van der Waals surface area contributed by atoms with Crippen molar-refractivity contribution in [3.63, 3.8) is 0 Å². The van der Waals surface area contributed by atoms with Gasteiger partial charge in [-0.3, -0.25) is 0 Å². The Hall–Kier alpha value is -1.86. The topological polar surface area (TPSA) is 59.5 Å². The molecule has 1 aliphatic rings. The van der Waals surface area contributed by atoms with E-state index >= 15 is 0 Å². The van der Waals surface area contributed by atoms with E-state index in [1.54, 1.807) is 20.4 Å². The van der Waals surface area contributed by atoms with Crippen molar-refractivity contribution in [3.05, 3.63) is 34.5 Å². The summed E-state index contributed by atoms with van der Waals surface area (Å²) in [7, 11) is 3.45. The Morgan fingerprint density at radius 1 is 1.28 bits per heavy atom. The molecule has 1 saturated heterocycles. The molecular formula is C18H23BrN4O2. The van der Waals surface area contributed by atoms with Gasteiger partial charge in [-0.05, 0) is 47.3 Å². The van der Waals surface area contributed by atoms with Gasteiger partial charge in [-0.1, -0.05) is 0 Å². The highest BCUT2D eigenvalue weighted by atomic mass is 79.9. The quantitative estimate of drug-likeness (QED) is 0.810. The highest BCUT2D eigenvalue weighted by Crippen LogP contribution is 2.36. The summed E-state index contributed by atoms with van der Waals surface area (Å²) in [6, 6.07) is 4.08. The van der Waals surface area contributed by atoms with Crippen LogP contribution in [0.4, 0.5) is 17.3 Å². The molecule has 0 atom stereocenters. The zero-order valence-corrected chi connectivity index (χ0v) is 16.3. The first-order chi connectivity index (χ1) is 12.5. The Morgan fingerprint density at radius 3 is 2.68 bits per heavy atom. The molecule has 1 N–H and O–H groups in total. The van der Waals surface area contributed by atoms with E-state index in [-0.39, 0.29) is 6.17 Å². The Morgan fingerprint density at radius 2 is 2.04 bits per heavy atom. The summed E-state index contributed by atoms with van der Waals surface area (Å²) in [6.45, 7) is 3.92. The van der Waals surface area contributed by atoms with Gasteiger partial charge >= 0.3 is 0 Å². The maximum atomic E-state index is 7.78. The van der Waals surface area contributed by atoms with Crippen LogP contribution in [0.1, 0.15) is 19.8 Å². The number of aryl methyl sites for hydroxylation is 1. The molecule has 1 aliphatic heterocycles. The van der Waals surface area contributed by atoms with Crippen molar-refractivity contribution in [3.8, 4) is 5.75 Å². The van der Waals surface area contributed by atoms with Gasteiger partial charge in [0.25, 0.3) is 0 Å². The highest BCUT2D eigenvalue weighted by Gasteiger charge is 2.22. The Balaban J connectivity index is 1.84. The lowest BCUT2D eigenvalue weighted by atomic mass is 10.1. The lowest BCUT2D eigenvalue weighted by molar-refractivity contribution is 0.0818. The predicted octanol–water partition coefficient (Wildman–Crippen LogP) is 3.91. The zero-order valence-electron chi connectivity index (χ0n) is 15.7. The standard InChI is InChI=1S/C18H23BrN4O2/c1-12-8-16(23-6-4-14(24-2)5-7-23)17(25-3)9-15(12)22-18-20-10-13(19)11-21-18/h8-11,14H,4-7H2,1-3H3,(H,20,21,22)/i10D. The number of benzene rings is 1. The fourth-order valence-corrected chi connectivity index (χ4v) is 3.20. The van der Waals surface area contributed by atoms with E-state index in [9.17, 15) is 0 Å². The molecule has 25 heavy (non-hydrogen) atoms. The molecule has 2 heterocycles. The number of halogens is 1. The molecule has 0 saturated carbocycles. The maximum absolute atomic E-state index is 7.78. The van der Waals surface area contributed by atoms with Gasteiger partial charge in [0.2, 0.25) is 5.95 Å². The van der Waals surface area contributed by atoms with Crippen molar-refractivity contribution in [2.45, 2.75) is 25.9 Å². The summed E-state index contributed by atoms with van der Waals surface area (Å²) in [5, 5.41) is 3.18. The van der Waals surface area contributed by atoms with Crippen molar-refractivity contribution in [1.82, 2.24) is 9.97 Å². The van der Waals surface area contributed by atoms with Crippen LogP contribution in [-0.4, -0.2) is 43.4 Å². The average Bonchev–Trinajstić information content (AvgIpc) is 2.66. The van der Waals surface area contributed by atoms with Crippen molar-refractivity contribution >= 4 is 33.3 Å². The fourth-order valence-electron chi connectivity index (χ4n) is 3.01. The van der Waals surface area contributed by atoms with Crippen molar-refractivity contribution in [2.24, 2.45) is 0 Å². The molecule has 134 valence electrons. The van der Waals surface area contributed by atoms with Gasteiger partial charge in [0, 0.05) is 44.3 Å². The molecule has 0 unspecified atom stereocenters. The fraction of sp³-hybridized carbons (Fsp3) is 0.444. The zero-order chi connectivity index (χ0) is 18.7. The van der Waals surface area contributed by atoms with E-state index in [0.29, 0.717) is 16.5 Å². The van der Waals surface area contributed by atoms with Crippen LogP contribution >= 0.6 is 15.9 Å². The van der Waals surface area contributed by atoms with E-state index in [1.807, 2.05) is 13.0 Å². The largest absolute Gasteiger partial charge is 0.495 e. The molecule has 1 aromatic carbocycles. The van der Waals surface area contributed by atoms with Crippen LogP contribution in [0.5, 0.6) is 5.75 Å². The van der Waals surface area contributed by atoms with E-state index in [4.69, 9.17) is 10.8 Å². The Bertz CT molecular complexity index is 782. The molecule has 0 aliphatic carbocycles. The summed E-state index contributed by atoms with van der Waals surface area (Å²) >= 11 is 3.24. The summed E-state index contributed by atoms with van der Waals surface area (Å²) < 4.78 is 19.4. The number of aromatic nitrogens is 2. The van der Waals surface area contributed by atoms with Crippen LogP contribution in [-0.2, 0) is 4.74 Å². The van der Waals surface area contributed by atoms with Crippen molar-refractivity contribution in [1.29, 1.82) is 0 Å². The molecule has 7 heteroatoms. The number of methoxy groups -OCH3 is 2. The minimum Gasteiger partial charge on any atom is -0.495 e. The SMILES string of the molecule is [2H]c1nc(Nc2cc(OC)c(N3CCC(OC)CC3)cc2C)ncc1Br. The number of piperidine rings is 1. The second-order valence-corrected chi connectivity index (χ2v) is 6.89. The highest BCUT2D eigenvalue weighted by molar-refractivity contribution is 9.10. The molecule has 0 spiro atoms. The molecule has 1 aromatic heterocycles. The third kappa shape index (κ3) is 4.22. The van der Waals surface area contributed by atoms with Crippen LogP contribution < -0.4 is 15.0 Å². The number of nitrogens with zero attached hydrogens (tertiary/aromatic N) is 3. The summed E-state index contributed by atoms with van der Waals surface area (Å²) in [5.74, 6) is 1.19. The van der Waals surface area contributed by atoms with Crippen molar-refractivity contribution in [2.75, 3.05) is 37.5 Å². The first-order valence-electron chi connectivity index (χ1n) is 8.74. The normalized spacial score (nSPS) is 15.8. The number of ether oxygens (including phenoxy) is 2. The van der Waals surface area contributed by atoms with Gasteiger partial charge in [0.05, 0.1) is 24.7 Å².